The average molecular weight is 1660 g/mol. The molecule has 0 saturated heterocycles. The number of anilines is 4. The Morgan fingerprint density at radius 2 is 0.408 bits per heavy atom. The molecular weight excluding hydrogens is 1570 g/mol. The summed E-state index contributed by atoms with van der Waals surface area (Å²) in [6, 6.07) is 116. The van der Waals surface area contributed by atoms with E-state index in [0.717, 1.165) is 163 Å². The maximum absolute atomic E-state index is 13.4. The zero-order chi connectivity index (χ0) is 84.0. The molecule has 8 nitrogen and oxygen atoms in total. The molecule has 4 aromatic heterocycles. The Morgan fingerprint density at radius 1 is 0.200 bits per heavy atom. The zero-order valence-corrected chi connectivity index (χ0v) is 71.6. The summed E-state index contributed by atoms with van der Waals surface area (Å²) < 4.78 is 26.9. The average Bonchev–Trinajstić information content (AvgIpc) is 0.815. The molecule has 0 aliphatic rings. The predicted octanol–water partition coefficient (Wildman–Crippen LogP) is 29.8. The molecule has 0 saturated carbocycles. The zero-order valence-electron chi connectivity index (χ0n) is 68.6. The van der Waals surface area contributed by atoms with Gasteiger partial charge in [-0.3, -0.25) is 0 Å². The minimum Gasteiger partial charge on any atom is -0.378 e. The van der Waals surface area contributed by atoms with E-state index >= 15 is 0 Å². The molecule has 0 aliphatic heterocycles. The molecule has 4 heterocycles. The molecule has 12 aromatic carbocycles. The lowest BCUT2D eigenvalue weighted by Crippen LogP contribution is -2.21. The van der Waals surface area contributed by atoms with Crippen LogP contribution in [0.4, 0.5) is 31.5 Å². The third-order valence-electron chi connectivity index (χ3n) is 20.9. The summed E-state index contributed by atoms with van der Waals surface area (Å²) in [6.45, 7) is 18.9. The fourth-order valence-corrected chi connectivity index (χ4v) is 14.9. The Bertz CT molecular complexity index is 5550. The number of nitrogens with zero attached hydrogens (tertiary/aromatic N) is 8. The van der Waals surface area contributed by atoms with Crippen molar-refractivity contribution in [2.45, 2.75) is 41.5 Å². The van der Waals surface area contributed by atoms with Gasteiger partial charge in [0.25, 0.3) is 0 Å². The van der Waals surface area contributed by atoms with Gasteiger partial charge in [-0.15, -0.1) is 0 Å². The van der Waals surface area contributed by atoms with Gasteiger partial charge in [0.15, 0.2) is 0 Å². The highest BCUT2D eigenvalue weighted by Gasteiger charge is 2.17. The molecular formula is C106H94Cl4F2N8. The molecule has 120 heavy (non-hydrogen) atoms. The van der Waals surface area contributed by atoms with Crippen molar-refractivity contribution in [2.24, 2.45) is 0 Å². The molecule has 0 atom stereocenters. The van der Waals surface area contributed by atoms with E-state index in [4.69, 9.17) is 66.3 Å². The highest BCUT2D eigenvalue weighted by atomic mass is 35.5. The van der Waals surface area contributed by atoms with E-state index in [1.165, 1.54) is 58.1 Å². The van der Waals surface area contributed by atoms with E-state index in [1.54, 1.807) is 24.3 Å². The standard InChI is InChI=1S/2C27H24Cl2N2.C27H24F2N2.C25H22N2/c1-3-31(4-2)25-15-9-19(10-16-25)22-17-26(20-5-11-23(28)12-6-20)30-27(18-22)21-7-13-24(29)14-8-21;1-3-31(4-2)25-13-11-19(12-14-25)22-17-26(20-7-5-9-23(28)15-20)30-27(18-22)21-8-6-10-24(29)16-21;1-3-31(4-2)25-15-9-19(10-16-25)22-17-26(20-5-11-23(28)12-6-20)30-27(18-22)21-7-13-24(29)14-8-21;1-27(2)23-15-13-19(14-16-23)22-17-24(20-9-5-3-6-10-20)26-25(18-22)21-11-7-4-8-12-21/h3*5-18H,3-4H2,1-2H3;3-18H,1-2H3. The topological polar surface area (TPSA) is 64.5 Å². The van der Waals surface area contributed by atoms with Crippen LogP contribution in [0.3, 0.4) is 0 Å². The maximum atomic E-state index is 13.4. The Balaban J connectivity index is 0.000000138. The number of hydrogen-bond donors (Lipinski definition) is 0. The second-order valence-corrected chi connectivity index (χ2v) is 30.6. The van der Waals surface area contributed by atoms with Crippen LogP contribution < -0.4 is 19.6 Å². The summed E-state index contributed by atoms with van der Waals surface area (Å²) in [5.74, 6) is -0.573. The molecule has 16 rings (SSSR count). The first-order chi connectivity index (χ1) is 58.4. The lowest BCUT2D eigenvalue weighted by molar-refractivity contribution is 0.627. The monoisotopic (exact) mass is 1660 g/mol. The van der Waals surface area contributed by atoms with Crippen molar-refractivity contribution in [3.8, 4) is 135 Å². The SMILES string of the molecule is CCN(CC)c1ccc(-c2cc(-c3ccc(Cl)cc3)nc(-c3ccc(Cl)cc3)c2)cc1.CCN(CC)c1ccc(-c2cc(-c3ccc(F)cc3)nc(-c3ccc(F)cc3)c2)cc1.CCN(CC)c1ccc(-c2cc(-c3cccc(Cl)c3)nc(-c3cccc(Cl)c3)c2)cc1.CN(C)c1ccc(-c2cc(-c3ccccc3)nc(-c3ccccc3)c2)cc1. The van der Waals surface area contributed by atoms with E-state index in [-0.39, 0.29) is 11.6 Å². The van der Waals surface area contributed by atoms with Crippen LogP contribution in [0.15, 0.2) is 352 Å². The summed E-state index contributed by atoms with van der Waals surface area (Å²) in [5, 5.41) is 2.81. The van der Waals surface area contributed by atoms with Crippen molar-refractivity contribution >= 4 is 69.2 Å². The Hall–Kier alpha value is -12.5. The number of hydrogen-bond acceptors (Lipinski definition) is 8. The van der Waals surface area contributed by atoms with Gasteiger partial charge in [0, 0.05) is 141 Å². The van der Waals surface area contributed by atoms with Crippen molar-refractivity contribution in [3.63, 3.8) is 0 Å². The number of benzene rings is 12. The first-order valence-electron chi connectivity index (χ1n) is 40.5. The molecule has 16 aromatic rings. The van der Waals surface area contributed by atoms with Crippen molar-refractivity contribution in [3.05, 3.63) is 384 Å². The van der Waals surface area contributed by atoms with Gasteiger partial charge in [0.2, 0.25) is 0 Å². The Morgan fingerprint density at radius 3 is 0.642 bits per heavy atom. The molecule has 0 radical (unpaired) electrons. The number of aromatic nitrogens is 4. The molecule has 600 valence electrons. The summed E-state index contributed by atoms with van der Waals surface area (Å²) in [5.41, 5.74) is 28.8. The smallest absolute Gasteiger partial charge is 0.123 e. The van der Waals surface area contributed by atoms with Crippen molar-refractivity contribution in [1.29, 1.82) is 0 Å². The number of pyridine rings is 4. The molecule has 14 heteroatoms. The third-order valence-corrected chi connectivity index (χ3v) is 21.9. The van der Waals surface area contributed by atoms with E-state index in [9.17, 15) is 8.78 Å². The summed E-state index contributed by atoms with van der Waals surface area (Å²) in [6.07, 6.45) is 0. The molecule has 0 amide bonds. The van der Waals surface area contributed by atoms with E-state index in [1.807, 2.05) is 121 Å². The fraction of sp³-hybridized carbons (Fsp3) is 0.132. The van der Waals surface area contributed by atoms with Crippen LogP contribution in [0.25, 0.3) is 135 Å². The minimum atomic E-state index is -0.286. The van der Waals surface area contributed by atoms with Crippen molar-refractivity contribution in [1.82, 2.24) is 19.9 Å². The van der Waals surface area contributed by atoms with Crippen molar-refractivity contribution in [2.75, 3.05) is 73.0 Å². The predicted molar refractivity (Wildman–Crippen MR) is 507 cm³/mol. The van der Waals surface area contributed by atoms with E-state index in [2.05, 4.69) is 257 Å². The van der Waals surface area contributed by atoms with E-state index < -0.39 is 0 Å². The molecule has 0 unspecified atom stereocenters. The quantitative estimate of drug-likeness (QED) is 0.0665. The molecule has 0 fully saturated rings. The van der Waals surface area contributed by atoms with Crippen LogP contribution in [-0.2, 0) is 0 Å². The number of halogens is 6. The molecule has 0 N–H and O–H groups in total. The van der Waals surface area contributed by atoms with Crippen LogP contribution in [-0.4, -0.2) is 73.3 Å². The van der Waals surface area contributed by atoms with Gasteiger partial charge in [-0.2, -0.15) is 0 Å². The largest absolute Gasteiger partial charge is 0.378 e. The van der Waals surface area contributed by atoms with Gasteiger partial charge < -0.3 is 19.6 Å². The van der Waals surface area contributed by atoms with Gasteiger partial charge in [0.1, 0.15) is 11.6 Å². The van der Waals surface area contributed by atoms with Gasteiger partial charge in [-0.05, 0) is 280 Å². The van der Waals surface area contributed by atoms with Gasteiger partial charge in [-0.25, -0.2) is 28.7 Å². The second-order valence-electron chi connectivity index (χ2n) is 28.9. The first kappa shape index (κ1) is 85.3. The van der Waals surface area contributed by atoms with Crippen LogP contribution in [0.2, 0.25) is 20.1 Å². The lowest BCUT2D eigenvalue weighted by Gasteiger charge is -2.21. The summed E-state index contributed by atoms with van der Waals surface area (Å²) in [7, 11) is 4.12. The van der Waals surface area contributed by atoms with Crippen LogP contribution in [0, 0.1) is 11.6 Å². The summed E-state index contributed by atoms with van der Waals surface area (Å²) >= 11 is 24.7. The highest BCUT2D eigenvalue weighted by molar-refractivity contribution is 6.31. The molecule has 0 aliphatic carbocycles. The fourth-order valence-electron chi connectivity index (χ4n) is 14.3. The Kier molecular flexibility index (Phi) is 29.3. The third kappa shape index (κ3) is 22.2. The number of rotatable bonds is 22. The second kappa shape index (κ2) is 41.2. The minimum absolute atomic E-state index is 0.286. The molecule has 0 spiro atoms. The van der Waals surface area contributed by atoms with Crippen molar-refractivity contribution < 1.29 is 8.78 Å². The van der Waals surface area contributed by atoms with Gasteiger partial charge in [-0.1, -0.05) is 204 Å². The lowest BCUT2D eigenvalue weighted by atomic mass is 9.99. The molecule has 0 bridgehead atoms. The first-order valence-corrected chi connectivity index (χ1v) is 42.0. The van der Waals surface area contributed by atoms with E-state index in [0.29, 0.717) is 20.1 Å². The van der Waals surface area contributed by atoms with Gasteiger partial charge >= 0.3 is 0 Å². The Labute approximate surface area is 725 Å². The summed E-state index contributed by atoms with van der Waals surface area (Å²) in [4.78, 5) is 28.7. The highest BCUT2D eigenvalue weighted by Crippen LogP contribution is 2.38. The van der Waals surface area contributed by atoms with Gasteiger partial charge in [0.05, 0.1) is 45.6 Å². The normalized spacial score (nSPS) is 10.8. The van der Waals surface area contributed by atoms with Crippen LogP contribution in [0.1, 0.15) is 41.5 Å². The maximum Gasteiger partial charge on any atom is 0.123 e. The van der Waals surface area contributed by atoms with Crippen LogP contribution in [0.5, 0.6) is 0 Å². The van der Waals surface area contributed by atoms with Crippen LogP contribution >= 0.6 is 46.4 Å².